The van der Waals surface area contributed by atoms with E-state index in [0.717, 1.165) is 17.3 Å². The molecule has 0 heterocycles. The fourth-order valence-corrected chi connectivity index (χ4v) is 2.78. The van der Waals surface area contributed by atoms with Crippen LogP contribution in [-0.4, -0.2) is 51.4 Å². The molecule has 0 saturated heterocycles. The Morgan fingerprint density at radius 3 is 2.36 bits per heavy atom. The third-order valence-corrected chi connectivity index (χ3v) is 4.94. The molecule has 0 N–H and O–H groups in total. The van der Waals surface area contributed by atoms with E-state index in [1.165, 1.54) is 38.4 Å². The van der Waals surface area contributed by atoms with Gasteiger partial charge in [0.25, 0.3) is 15.9 Å². The first-order chi connectivity index (χ1) is 10.3. The Kier molecular flexibility index (Phi) is 6.73. The summed E-state index contributed by atoms with van der Waals surface area (Å²) >= 11 is 0. The number of hydrogen-bond acceptors (Lipinski definition) is 4. The number of allylic oxidation sites excluding steroid dienone is 1. The standard InChI is InChI=1S/C15H22N2O4S/c1-5-6-7-12-16(2)15(18)13-8-10-14(11-9-13)22(19,20)17(3)21-4/h5,8-11H,1,6-7,12H2,2-4H3. The first-order valence-electron chi connectivity index (χ1n) is 6.84. The summed E-state index contributed by atoms with van der Waals surface area (Å²) < 4.78 is 24.9. The van der Waals surface area contributed by atoms with Crippen LogP contribution in [0.2, 0.25) is 0 Å². The number of nitrogens with zero attached hydrogens (tertiary/aromatic N) is 2. The van der Waals surface area contributed by atoms with Crippen LogP contribution in [0.1, 0.15) is 23.2 Å². The van der Waals surface area contributed by atoms with Crippen molar-refractivity contribution in [3.63, 3.8) is 0 Å². The predicted octanol–water partition coefficient (Wildman–Crippen LogP) is 1.91. The molecule has 122 valence electrons. The Morgan fingerprint density at radius 1 is 1.27 bits per heavy atom. The van der Waals surface area contributed by atoms with E-state index < -0.39 is 10.0 Å². The maximum atomic E-state index is 12.2. The van der Waals surface area contributed by atoms with Crippen LogP contribution >= 0.6 is 0 Å². The van der Waals surface area contributed by atoms with Gasteiger partial charge in [-0.1, -0.05) is 10.5 Å². The molecule has 1 amide bonds. The smallest absolute Gasteiger partial charge is 0.264 e. The van der Waals surface area contributed by atoms with Gasteiger partial charge in [-0.25, -0.2) is 8.42 Å². The first-order valence-corrected chi connectivity index (χ1v) is 8.28. The van der Waals surface area contributed by atoms with E-state index in [0.29, 0.717) is 12.1 Å². The molecule has 0 fully saturated rings. The highest BCUT2D eigenvalue weighted by atomic mass is 32.2. The summed E-state index contributed by atoms with van der Waals surface area (Å²) in [7, 11) is 0.602. The Morgan fingerprint density at radius 2 is 1.86 bits per heavy atom. The number of carbonyl (C=O) groups is 1. The Labute approximate surface area is 132 Å². The summed E-state index contributed by atoms with van der Waals surface area (Å²) in [5, 5.41) is 0. The summed E-state index contributed by atoms with van der Waals surface area (Å²) in [6.07, 6.45) is 3.50. The van der Waals surface area contributed by atoms with Crippen molar-refractivity contribution in [1.29, 1.82) is 0 Å². The Balaban J connectivity index is 2.84. The summed E-state index contributed by atoms with van der Waals surface area (Å²) in [5.41, 5.74) is 0.445. The zero-order valence-electron chi connectivity index (χ0n) is 13.2. The predicted molar refractivity (Wildman–Crippen MR) is 84.8 cm³/mol. The van der Waals surface area contributed by atoms with Crippen molar-refractivity contribution in [3.8, 4) is 0 Å². The quantitative estimate of drug-likeness (QED) is 0.416. The molecule has 0 aliphatic carbocycles. The molecule has 0 radical (unpaired) electrons. The third kappa shape index (κ3) is 4.40. The molecule has 6 nitrogen and oxygen atoms in total. The molecule has 0 aromatic heterocycles. The van der Waals surface area contributed by atoms with Crippen LogP contribution in [0, 0.1) is 0 Å². The molecule has 1 rings (SSSR count). The molecule has 0 aliphatic rings. The van der Waals surface area contributed by atoms with E-state index >= 15 is 0 Å². The maximum Gasteiger partial charge on any atom is 0.264 e. The van der Waals surface area contributed by atoms with Crippen LogP contribution in [0.5, 0.6) is 0 Å². The van der Waals surface area contributed by atoms with Crippen molar-refractivity contribution in [3.05, 3.63) is 42.5 Å². The molecule has 0 aliphatic heterocycles. The van der Waals surface area contributed by atoms with Crippen LogP contribution in [0.15, 0.2) is 41.8 Å². The lowest BCUT2D eigenvalue weighted by Gasteiger charge is -2.17. The second-order valence-electron chi connectivity index (χ2n) is 4.78. The summed E-state index contributed by atoms with van der Waals surface area (Å²) in [6.45, 7) is 4.26. The summed E-state index contributed by atoms with van der Waals surface area (Å²) in [4.78, 5) is 18.6. The van der Waals surface area contributed by atoms with Crippen molar-refractivity contribution in [2.75, 3.05) is 27.7 Å². The van der Waals surface area contributed by atoms with Crippen molar-refractivity contribution >= 4 is 15.9 Å². The zero-order chi connectivity index (χ0) is 16.8. The third-order valence-electron chi connectivity index (χ3n) is 3.24. The zero-order valence-corrected chi connectivity index (χ0v) is 14.0. The van der Waals surface area contributed by atoms with E-state index in [4.69, 9.17) is 4.84 Å². The Hall–Kier alpha value is -1.70. The van der Waals surface area contributed by atoms with Crippen molar-refractivity contribution < 1.29 is 18.0 Å². The number of amides is 1. The largest absolute Gasteiger partial charge is 0.342 e. The molecule has 0 bridgehead atoms. The molecule has 7 heteroatoms. The fourth-order valence-electron chi connectivity index (χ4n) is 1.81. The number of hydroxylamine groups is 1. The lowest BCUT2D eigenvalue weighted by molar-refractivity contribution is -0.0258. The number of carbonyl (C=O) groups excluding carboxylic acids is 1. The van der Waals surface area contributed by atoms with Gasteiger partial charge < -0.3 is 4.90 Å². The van der Waals surface area contributed by atoms with E-state index in [9.17, 15) is 13.2 Å². The van der Waals surface area contributed by atoms with Gasteiger partial charge in [-0.05, 0) is 37.1 Å². The number of unbranched alkanes of at least 4 members (excludes halogenated alkanes) is 1. The fraction of sp³-hybridized carbons (Fsp3) is 0.400. The van der Waals surface area contributed by atoms with Crippen molar-refractivity contribution in [2.45, 2.75) is 17.7 Å². The molecular weight excluding hydrogens is 304 g/mol. The topological polar surface area (TPSA) is 66.9 Å². The highest BCUT2D eigenvalue weighted by molar-refractivity contribution is 7.89. The van der Waals surface area contributed by atoms with E-state index in [1.807, 2.05) is 6.08 Å². The van der Waals surface area contributed by atoms with Gasteiger partial charge in [0.2, 0.25) is 0 Å². The SMILES string of the molecule is C=CCCCN(C)C(=O)c1ccc(S(=O)(=O)N(C)OC)cc1. The average molecular weight is 326 g/mol. The van der Waals surface area contributed by atoms with Crippen LogP contribution in [-0.2, 0) is 14.9 Å². The second-order valence-corrected chi connectivity index (χ2v) is 6.72. The normalized spacial score (nSPS) is 11.5. The van der Waals surface area contributed by atoms with Crippen molar-refractivity contribution in [1.82, 2.24) is 9.37 Å². The van der Waals surface area contributed by atoms with Crippen LogP contribution in [0.3, 0.4) is 0 Å². The van der Waals surface area contributed by atoms with Crippen LogP contribution < -0.4 is 0 Å². The molecule has 0 atom stereocenters. The lowest BCUT2D eigenvalue weighted by atomic mass is 10.2. The van der Waals surface area contributed by atoms with Crippen molar-refractivity contribution in [2.24, 2.45) is 0 Å². The Bertz CT molecular complexity index is 611. The minimum Gasteiger partial charge on any atom is -0.342 e. The molecule has 0 spiro atoms. The van der Waals surface area contributed by atoms with E-state index in [1.54, 1.807) is 11.9 Å². The van der Waals surface area contributed by atoms with Gasteiger partial charge in [-0.2, -0.15) is 0 Å². The number of benzene rings is 1. The molecule has 1 aromatic carbocycles. The van der Waals surface area contributed by atoms with Gasteiger partial charge in [0.05, 0.1) is 12.0 Å². The molecular formula is C15H22N2O4S. The van der Waals surface area contributed by atoms with E-state index in [-0.39, 0.29) is 10.8 Å². The monoisotopic (exact) mass is 326 g/mol. The summed E-state index contributed by atoms with van der Waals surface area (Å²) in [5.74, 6) is -0.145. The van der Waals surface area contributed by atoms with E-state index in [2.05, 4.69) is 6.58 Å². The molecule has 0 unspecified atom stereocenters. The lowest BCUT2D eigenvalue weighted by Crippen LogP contribution is -2.28. The van der Waals surface area contributed by atoms with Gasteiger partial charge in [0.15, 0.2) is 0 Å². The van der Waals surface area contributed by atoms with Gasteiger partial charge in [0.1, 0.15) is 0 Å². The first kappa shape index (κ1) is 18.3. The number of hydrogen-bond donors (Lipinski definition) is 0. The van der Waals surface area contributed by atoms with Gasteiger partial charge in [-0.3, -0.25) is 9.63 Å². The van der Waals surface area contributed by atoms with Crippen LogP contribution in [0.25, 0.3) is 0 Å². The molecule has 22 heavy (non-hydrogen) atoms. The average Bonchev–Trinajstić information content (AvgIpc) is 2.53. The number of rotatable bonds is 8. The minimum absolute atomic E-state index is 0.0720. The van der Waals surface area contributed by atoms with Gasteiger partial charge in [0, 0.05) is 26.2 Å². The number of sulfonamides is 1. The molecule has 1 aromatic rings. The molecule has 0 saturated carbocycles. The van der Waals surface area contributed by atoms with Gasteiger partial charge >= 0.3 is 0 Å². The minimum atomic E-state index is -3.69. The second kappa shape index (κ2) is 8.07. The summed E-state index contributed by atoms with van der Waals surface area (Å²) in [6, 6.07) is 5.80. The highest BCUT2D eigenvalue weighted by Crippen LogP contribution is 2.16. The highest BCUT2D eigenvalue weighted by Gasteiger charge is 2.21. The van der Waals surface area contributed by atoms with Gasteiger partial charge in [-0.15, -0.1) is 6.58 Å². The maximum absolute atomic E-state index is 12.2. The van der Waals surface area contributed by atoms with Crippen LogP contribution in [0.4, 0.5) is 0 Å².